The second kappa shape index (κ2) is 4.79. The van der Waals surface area contributed by atoms with Crippen LogP contribution in [0.4, 0.5) is 0 Å². The average Bonchev–Trinajstić information content (AvgIpc) is 1.99. The number of allylic oxidation sites excluding steroid dienone is 3. The van der Waals surface area contributed by atoms with Crippen molar-refractivity contribution < 1.29 is 0 Å². The third kappa shape index (κ3) is 3.89. The second-order valence-electron chi connectivity index (χ2n) is 2.10. The molecule has 0 heterocycles. The van der Waals surface area contributed by atoms with Gasteiger partial charge in [0, 0.05) is 11.9 Å². The van der Waals surface area contributed by atoms with E-state index in [-0.39, 0.29) is 0 Å². The van der Waals surface area contributed by atoms with Crippen molar-refractivity contribution in [1.29, 1.82) is 0 Å². The molecular formula is C8H14N2. The first-order valence-electron chi connectivity index (χ1n) is 3.26. The summed E-state index contributed by atoms with van der Waals surface area (Å²) in [6.45, 7) is 5.81. The molecule has 10 heavy (non-hydrogen) atoms. The van der Waals surface area contributed by atoms with Gasteiger partial charge in [0.25, 0.3) is 0 Å². The van der Waals surface area contributed by atoms with Crippen LogP contribution < -0.4 is 5.73 Å². The highest BCUT2D eigenvalue weighted by Gasteiger charge is 1.79. The number of aliphatic imine (C=N–C) groups is 1. The van der Waals surface area contributed by atoms with Crippen LogP contribution in [0.3, 0.4) is 0 Å². The van der Waals surface area contributed by atoms with Gasteiger partial charge in [-0.25, -0.2) is 0 Å². The molecule has 0 aliphatic carbocycles. The lowest BCUT2D eigenvalue weighted by Gasteiger charge is -1.88. The maximum Gasteiger partial charge on any atom is 0.0330 e. The predicted molar refractivity (Wildman–Crippen MR) is 45.9 cm³/mol. The topological polar surface area (TPSA) is 38.4 Å². The second-order valence-corrected chi connectivity index (χ2v) is 2.10. The first-order valence-corrected chi connectivity index (χ1v) is 3.26. The monoisotopic (exact) mass is 138 g/mol. The molecule has 2 nitrogen and oxygen atoms in total. The van der Waals surface area contributed by atoms with Crippen LogP contribution in [-0.4, -0.2) is 6.21 Å². The van der Waals surface area contributed by atoms with Crippen molar-refractivity contribution >= 4 is 6.21 Å². The van der Waals surface area contributed by atoms with E-state index in [1.165, 1.54) is 6.20 Å². The quantitative estimate of drug-likeness (QED) is 0.581. The molecule has 0 bridgehead atoms. The van der Waals surface area contributed by atoms with Crippen LogP contribution in [0.2, 0.25) is 0 Å². The highest BCUT2D eigenvalue weighted by atomic mass is 14.7. The van der Waals surface area contributed by atoms with E-state index in [9.17, 15) is 0 Å². The summed E-state index contributed by atoms with van der Waals surface area (Å²) >= 11 is 0. The van der Waals surface area contributed by atoms with Crippen molar-refractivity contribution in [3.8, 4) is 0 Å². The summed E-state index contributed by atoms with van der Waals surface area (Å²) in [4.78, 5) is 4.10. The van der Waals surface area contributed by atoms with Crippen molar-refractivity contribution in [3.63, 3.8) is 0 Å². The minimum atomic E-state index is 0.973. The summed E-state index contributed by atoms with van der Waals surface area (Å²) in [6.07, 6.45) is 5.22. The van der Waals surface area contributed by atoms with Crippen molar-refractivity contribution in [2.24, 2.45) is 10.7 Å². The average molecular weight is 138 g/mol. The fraction of sp³-hybridized carbons (Fsp3) is 0.375. The van der Waals surface area contributed by atoms with E-state index in [2.05, 4.69) is 4.99 Å². The van der Waals surface area contributed by atoms with E-state index in [4.69, 9.17) is 5.73 Å². The Morgan fingerprint density at radius 3 is 2.40 bits per heavy atom. The lowest BCUT2D eigenvalue weighted by Crippen LogP contribution is -1.85. The van der Waals surface area contributed by atoms with Gasteiger partial charge in [0.2, 0.25) is 0 Å². The van der Waals surface area contributed by atoms with Crippen LogP contribution in [-0.2, 0) is 0 Å². The zero-order chi connectivity index (χ0) is 7.98. The third-order valence-electron chi connectivity index (χ3n) is 1.15. The summed E-state index contributed by atoms with van der Waals surface area (Å²) in [5.74, 6) is 0. The maximum atomic E-state index is 5.23. The Morgan fingerprint density at radius 1 is 1.40 bits per heavy atom. The van der Waals surface area contributed by atoms with E-state index < -0.39 is 0 Å². The molecular weight excluding hydrogens is 124 g/mol. The first-order chi connectivity index (χ1) is 4.70. The molecule has 0 aromatic rings. The number of nitrogens with two attached hydrogens (primary N) is 1. The molecule has 0 saturated carbocycles. The van der Waals surface area contributed by atoms with Gasteiger partial charge in [0.05, 0.1) is 0 Å². The van der Waals surface area contributed by atoms with E-state index >= 15 is 0 Å². The molecule has 0 aliphatic rings. The zero-order valence-corrected chi connectivity index (χ0v) is 6.76. The van der Waals surface area contributed by atoms with Gasteiger partial charge in [0.15, 0.2) is 0 Å². The summed E-state index contributed by atoms with van der Waals surface area (Å²) in [7, 11) is 0. The molecule has 0 unspecified atom stereocenters. The molecule has 2 N–H and O–H groups in total. The van der Waals surface area contributed by atoms with Gasteiger partial charge in [-0.1, -0.05) is 6.08 Å². The molecule has 56 valence electrons. The molecule has 0 spiro atoms. The van der Waals surface area contributed by atoms with Crippen LogP contribution in [0, 0.1) is 0 Å². The summed E-state index contributed by atoms with van der Waals surface area (Å²) in [5, 5.41) is 0. The highest BCUT2D eigenvalue weighted by Crippen LogP contribution is 1.93. The van der Waals surface area contributed by atoms with E-state index in [0.29, 0.717) is 0 Å². The number of hydrogen-bond acceptors (Lipinski definition) is 2. The Kier molecular flexibility index (Phi) is 4.29. The summed E-state index contributed by atoms with van der Waals surface area (Å²) < 4.78 is 0. The smallest absolute Gasteiger partial charge is 0.0330 e. The molecule has 0 aliphatic heterocycles. The molecule has 0 fully saturated rings. The molecule has 2 heteroatoms. The number of rotatable bonds is 2. The van der Waals surface area contributed by atoms with Crippen molar-refractivity contribution in [1.82, 2.24) is 0 Å². The van der Waals surface area contributed by atoms with Crippen LogP contribution >= 0.6 is 0 Å². The number of nitrogens with zero attached hydrogens (tertiary/aromatic N) is 1. The maximum absolute atomic E-state index is 5.23. The largest absolute Gasteiger partial charge is 0.404 e. The van der Waals surface area contributed by atoms with Crippen molar-refractivity contribution in [2.45, 2.75) is 20.8 Å². The molecule has 0 rings (SSSR count). The van der Waals surface area contributed by atoms with Gasteiger partial charge in [-0.3, -0.25) is 4.99 Å². The minimum absolute atomic E-state index is 0.973. The number of hydrogen-bond donors (Lipinski definition) is 1. The standard InChI is InChI=1S/C8H14N2/c1-4-8(3)10-6-7(2)5-9/h4-6H,9H2,1-3H3/b7-5-,8-4-,10-6-. The zero-order valence-electron chi connectivity index (χ0n) is 6.76. The predicted octanol–water partition coefficient (Wildman–Crippen LogP) is 1.84. The van der Waals surface area contributed by atoms with Crippen LogP contribution in [0.25, 0.3) is 0 Å². The van der Waals surface area contributed by atoms with Crippen LogP contribution in [0.15, 0.2) is 28.5 Å². The Balaban J connectivity index is 4.01. The SMILES string of the molecule is C\C=C(C)/N=C\C(C)=C/N. The Bertz CT molecular complexity index is 156. The Labute approximate surface area is 62.1 Å². The van der Waals surface area contributed by atoms with Gasteiger partial charge in [0.1, 0.15) is 0 Å². The van der Waals surface area contributed by atoms with E-state index in [1.54, 1.807) is 6.21 Å². The van der Waals surface area contributed by atoms with Gasteiger partial charge in [-0.2, -0.15) is 0 Å². The lowest BCUT2D eigenvalue weighted by atomic mass is 10.3. The molecule has 0 aromatic heterocycles. The normalized spacial score (nSPS) is 14.7. The highest BCUT2D eigenvalue weighted by molar-refractivity contribution is 5.78. The van der Waals surface area contributed by atoms with Gasteiger partial charge in [-0.15, -0.1) is 0 Å². The fourth-order valence-corrected chi connectivity index (χ4v) is 0.321. The third-order valence-corrected chi connectivity index (χ3v) is 1.15. The molecule has 0 atom stereocenters. The van der Waals surface area contributed by atoms with Crippen molar-refractivity contribution in [2.75, 3.05) is 0 Å². The molecule has 0 amide bonds. The van der Waals surface area contributed by atoms with Gasteiger partial charge < -0.3 is 5.73 Å². The van der Waals surface area contributed by atoms with E-state index in [0.717, 1.165) is 11.3 Å². The first kappa shape index (κ1) is 8.95. The minimum Gasteiger partial charge on any atom is -0.404 e. The summed E-state index contributed by atoms with van der Waals surface area (Å²) in [5.41, 5.74) is 7.20. The van der Waals surface area contributed by atoms with Crippen LogP contribution in [0.5, 0.6) is 0 Å². The molecule has 0 radical (unpaired) electrons. The van der Waals surface area contributed by atoms with Gasteiger partial charge in [-0.05, 0) is 32.5 Å². The molecule has 0 aromatic carbocycles. The fourth-order valence-electron chi connectivity index (χ4n) is 0.321. The lowest BCUT2D eigenvalue weighted by molar-refractivity contribution is 1.29. The van der Waals surface area contributed by atoms with E-state index in [1.807, 2.05) is 26.8 Å². The van der Waals surface area contributed by atoms with Crippen LogP contribution in [0.1, 0.15) is 20.8 Å². The Morgan fingerprint density at radius 2 is 2.00 bits per heavy atom. The van der Waals surface area contributed by atoms with Gasteiger partial charge >= 0.3 is 0 Å². The molecule has 0 saturated heterocycles. The van der Waals surface area contributed by atoms with Crippen molar-refractivity contribution in [3.05, 3.63) is 23.5 Å². The Hall–Kier alpha value is -1.05. The summed E-state index contributed by atoms with van der Waals surface area (Å²) in [6, 6.07) is 0.